The number of nitrogens with zero attached hydrogens (tertiary/aromatic N) is 8. The molecule has 10 heteroatoms. The van der Waals surface area contributed by atoms with Gasteiger partial charge in [-0.15, -0.1) is 0 Å². The van der Waals surface area contributed by atoms with E-state index in [1.165, 1.54) is 50.6 Å². The van der Waals surface area contributed by atoms with E-state index in [1.807, 2.05) is 20.2 Å². The van der Waals surface area contributed by atoms with Crippen molar-refractivity contribution in [1.82, 2.24) is 38.5 Å². The second-order valence-electron chi connectivity index (χ2n) is 13.4. The minimum atomic E-state index is -0.0493. The first-order valence-electron chi connectivity index (χ1n) is 16.9. The van der Waals surface area contributed by atoms with Gasteiger partial charge in [0.25, 0.3) is 0 Å². The third-order valence-electron chi connectivity index (χ3n) is 10.7. The molecule has 2 aliphatic rings. The molecule has 1 unspecified atom stereocenters. The first-order chi connectivity index (χ1) is 22.4. The van der Waals surface area contributed by atoms with Crippen LogP contribution in [0.4, 0.5) is 5.82 Å². The Morgan fingerprint density at radius 2 is 1.83 bits per heavy atom. The van der Waals surface area contributed by atoms with Crippen molar-refractivity contribution in [1.29, 1.82) is 0 Å². The highest BCUT2D eigenvalue weighted by molar-refractivity contribution is 5.99. The summed E-state index contributed by atoms with van der Waals surface area (Å²) in [6, 6.07) is 13.4. The number of imidazole rings is 2. The lowest BCUT2D eigenvalue weighted by atomic mass is 9.94. The van der Waals surface area contributed by atoms with E-state index in [1.54, 1.807) is 15.5 Å². The first kappa shape index (κ1) is 29.0. The zero-order valence-electron chi connectivity index (χ0n) is 27.3. The molecule has 6 aromatic rings. The zero-order valence-corrected chi connectivity index (χ0v) is 27.3. The van der Waals surface area contributed by atoms with Crippen molar-refractivity contribution in [2.75, 3.05) is 31.6 Å². The van der Waals surface area contributed by atoms with Crippen LogP contribution in [0, 0.1) is 5.92 Å². The molecule has 2 aromatic carbocycles. The van der Waals surface area contributed by atoms with E-state index in [2.05, 4.69) is 69.9 Å². The van der Waals surface area contributed by atoms with Crippen LogP contribution in [0.2, 0.25) is 0 Å². The van der Waals surface area contributed by atoms with Gasteiger partial charge in [-0.05, 0) is 61.9 Å². The lowest BCUT2D eigenvalue weighted by Crippen LogP contribution is -2.36. The maximum absolute atomic E-state index is 12.8. The average molecular weight is 618 g/mol. The summed E-state index contributed by atoms with van der Waals surface area (Å²) >= 11 is 0. The Balaban J connectivity index is 1.24. The predicted octanol–water partition coefficient (Wildman–Crippen LogP) is 5.81. The third kappa shape index (κ3) is 4.64. The number of rotatable bonds is 7. The van der Waals surface area contributed by atoms with E-state index >= 15 is 0 Å². The highest BCUT2D eigenvalue weighted by Gasteiger charge is 2.31. The molecule has 1 saturated carbocycles. The second-order valence-corrected chi connectivity index (χ2v) is 13.4. The van der Waals surface area contributed by atoms with Gasteiger partial charge in [0.15, 0.2) is 17.0 Å². The van der Waals surface area contributed by atoms with Crippen molar-refractivity contribution in [3.63, 3.8) is 0 Å². The molecule has 1 N–H and O–H groups in total. The fourth-order valence-corrected chi connectivity index (χ4v) is 8.18. The number of benzene rings is 2. The van der Waals surface area contributed by atoms with Crippen molar-refractivity contribution < 1.29 is 0 Å². The number of hydrogen-bond donors (Lipinski definition) is 1. The summed E-state index contributed by atoms with van der Waals surface area (Å²) < 4.78 is 5.52. The molecule has 4 aromatic heterocycles. The van der Waals surface area contributed by atoms with Crippen molar-refractivity contribution in [2.45, 2.75) is 57.9 Å². The number of aryl methyl sites for hydroxylation is 3. The van der Waals surface area contributed by atoms with Crippen LogP contribution in [0.15, 0.2) is 53.7 Å². The number of likely N-dealkylation sites (tertiary alicyclic amines) is 1. The molecule has 0 bridgehead atoms. The third-order valence-corrected chi connectivity index (χ3v) is 10.7. The van der Waals surface area contributed by atoms with Gasteiger partial charge in [-0.1, -0.05) is 44.4 Å². The maximum Gasteiger partial charge on any atom is 0.328 e. The van der Waals surface area contributed by atoms with Gasteiger partial charge in [-0.25, -0.2) is 19.7 Å². The number of aromatic nitrogens is 7. The fourth-order valence-electron chi connectivity index (χ4n) is 8.18. The highest BCUT2D eigenvalue weighted by atomic mass is 16.1. The molecule has 1 aliphatic carbocycles. The van der Waals surface area contributed by atoms with E-state index in [0.717, 1.165) is 81.5 Å². The van der Waals surface area contributed by atoms with E-state index in [-0.39, 0.29) is 5.69 Å². The summed E-state index contributed by atoms with van der Waals surface area (Å²) in [5, 5.41) is 1.13. The summed E-state index contributed by atoms with van der Waals surface area (Å²) in [6.07, 6.45) is 12.7. The van der Waals surface area contributed by atoms with Crippen LogP contribution in [-0.4, -0.2) is 71.3 Å². The molecule has 46 heavy (non-hydrogen) atoms. The number of nitrogens with one attached hydrogen (secondary N) is 1. The lowest BCUT2D eigenvalue weighted by Gasteiger charge is -2.31. The maximum atomic E-state index is 12.8. The second kappa shape index (κ2) is 11.4. The van der Waals surface area contributed by atoms with E-state index in [0.29, 0.717) is 5.92 Å². The predicted molar refractivity (Wildman–Crippen MR) is 185 cm³/mol. The van der Waals surface area contributed by atoms with Gasteiger partial charge in [0.05, 0.1) is 16.7 Å². The highest BCUT2D eigenvalue weighted by Crippen LogP contribution is 2.37. The molecule has 2 fully saturated rings. The number of para-hydroxylation sites is 1. The SMILES string of the molecule is CCc1cccc2c(-c3nc4c(N(C)CC5CCN(C6CCCCC6)C5)ncnc4n3-c3ccc4c(c3)n(C)c(=O)n4C)c[nH]c12. The molecule has 1 atom stereocenters. The largest absolute Gasteiger partial charge is 0.360 e. The Kier molecular flexibility index (Phi) is 7.20. The minimum Gasteiger partial charge on any atom is -0.360 e. The van der Waals surface area contributed by atoms with Gasteiger partial charge < -0.3 is 14.8 Å². The molecule has 0 spiro atoms. The van der Waals surface area contributed by atoms with Gasteiger partial charge in [0.1, 0.15) is 12.2 Å². The smallest absolute Gasteiger partial charge is 0.328 e. The van der Waals surface area contributed by atoms with Crippen LogP contribution in [0.25, 0.3) is 50.2 Å². The Labute approximate surface area is 268 Å². The van der Waals surface area contributed by atoms with Crippen molar-refractivity contribution >= 4 is 38.9 Å². The standard InChI is InChI=1S/C36H43N9O/c1-5-24-10-9-13-27-28(19-37-31(24)27)33-40-32-34(41(2)20-23-16-17-44(21-23)25-11-7-6-8-12-25)38-22-39-35(32)45(33)26-14-15-29-30(18-26)43(4)36(46)42(29)3/h9-10,13-15,18-19,22-23,25,37H,5-8,11-12,16-17,20-21H2,1-4H3. The van der Waals surface area contributed by atoms with Crippen LogP contribution >= 0.6 is 0 Å². The Bertz CT molecular complexity index is 2130. The van der Waals surface area contributed by atoms with Crippen LogP contribution in [0.5, 0.6) is 0 Å². The molecule has 5 heterocycles. The molecular formula is C36H43N9O. The molecular weight excluding hydrogens is 574 g/mol. The topological polar surface area (TPSA) is 92.8 Å². The number of H-pyrrole nitrogens is 1. The normalized spacial score (nSPS) is 18.0. The summed E-state index contributed by atoms with van der Waals surface area (Å²) in [5.74, 6) is 2.25. The first-order valence-corrected chi connectivity index (χ1v) is 16.9. The molecule has 10 nitrogen and oxygen atoms in total. The monoisotopic (exact) mass is 617 g/mol. The van der Waals surface area contributed by atoms with E-state index in [9.17, 15) is 4.79 Å². The van der Waals surface area contributed by atoms with Gasteiger partial charge >= 0.3 is 5.69 Å². The number of hydrogen-bond acceptors (Lipinski definition) is 6. The number of aromatic amines is 1. The lowest BCUT2D eigenvalue weighted by molar-refractivity contribution is 0.185. The summed E-state index contributed by atoms with van der Waals surface area (Å²) in [5.41, 5.74) is 7.55. The number of fused-ring (bicyclic) bond motifs is 3. The van der Waals surface area contributed by atoms with Crippen molar-refractivity contribution in [2.24, 2.45) is 20.0 Å². The average Bonchev–Trinajstić information content (AvgIpc) is 3.87. The number of anilines is 1. The van der Waals surface area contributed by atoms with Gasteiger partial charge in [-0.2, -0.15) is 0 Å². The van der Waals surface area contributed by atoms with Crippen molar-refractivity contribution in [3.05, 3.63) is 65.0 Å². The Hall–Kier alpha value is -4.44. The molecule has 1 aliphatic heterocycles. The molecule has 0 amide bonds. The van der Waals surface area contributed by atoms with Crippen LogP contribution < -0.4 is 10.6 Å². The molecule has 8 rings (SSSR count). The van der Waals surface area contributed by atoms with E-state index in [4.69, 9.17) is 15.0 Å². The summed E-state index contributed by atoms with van der Waals surface area (Å²) in [4.78, 5) is 36.4. The summed E-state index contributed by atoms with van der Waals surface area (Å²) in [6.45, 7) is 5.47. The minimum absolute atomic E-state index is 0.0493. The molecule has 1 saturated heterocycles. The summed E-state index contributed by atoms with van der Waals surface area (Å²) in [7, 11) is 5.78. The van der Waals surface area contributed by atoms with E-state index < -0.39 is 0 Å². The zero-order chi connectivity index (χ0) is 31.5. The molecule has 238 valence electrons. The van der Waals surface area contributed by atoms with Gasteiger partial charge in [0, 0.05) is 62.9 Å². The Morgan fingerprint density at radius 3 is 2.65 bits per heavy atom. The fraction of sp³-hybridized carbons (Fsp3) is 0.444. The van der Waals surface area contributed by atoms with Gasteiger partial charge in [-0.3, -0.25) is 13.7 Å². The molecule has 0 radical (unpaired) electrons. The quantitative estimate of drug-likeness (QED) is 0.243. The van der Waals surface area contributed by atoms with Crippen LogP contribution in [0.1, 0.15) is 51.0 Å². The van der Waals surface area contributed by atoms with Crippen molar-refractivity contribution in [3.8, 4) is 17.1 Å². The van der Waals surface area contributed by atoms with Crippen LogP contribution in [0.3, 0.4) is 0 Å². The Morgan fingerprint density at radius 1 is 1.00 bits per heavy atom. The van der Waals surface area contributed by atoms with Crippen LogP contribution in [-0.2, 0) is 20.5 Å². The van der Waals surface area contributed by atoms with Gasteiger partial charge in [0.2, 0.25) is 0 Å².